The maximum absolute atomic E-state index is 6.13. The molecule has 1 aliphatic heterocycles. The topological polar surface area (TPSA) is 16.1 Å². The van der Waals surface area contributed by atoms with Gasteiger partial charge in [-0.25, -0.2) is 4.98 Å². The standard InChI is InChI=1S/C10H11Cl3N2S/c1-6-5-15(2-3-16-6)10-8(12)4-7(11)9(13)14-10/h4,6H,2-3,5H2,1H3. The van der Waals surface area contributed by atoms with Crippen molar-refractivity contribution in [2.75, 3.05) is 23.7 Å². The SMILES string of the molecule is CC1CN(c2nc(Cl)c(Cl)cc2Cl)CCS1. The van der Waals surface area contributed by atoms with E-state index in [4.69, 9.17) is 34.8 Å². The normalized spacial score (nSPS) is 21.2. The zero-order valence-corrected chi connectivity index (χ0v) is 11.8. The molecule has 88 valence electrons. The van der Waals surface area contributed by atoms with Crippen molar-refractivity contribution in [3.63, 3.8) is 0 Å². The number of nitrogens with zero attached hydrogens (tertiary/aromatic N) is 2. The van der Waals surface area contributed by atoms with E-state index >= 15 is 0 Å². The number of thioether (sulfide) groups is 1. The van der Waals surface area contributed by atoms with E-state index in [0.717, 1.165) is 24.7 Å². The van der Waals surface area contributed by atoms with Crippen LogP contribution in [0.5, 0.6) is 0 Å². The summed E-state index contributed by atoms with van der Waals surface area (Å²) in [7, 11) is 0. The van der Waals surface area contributed by atoms with Crippen LogP contribution in [0.25, 0.3) is 0 Å². The molecule has 1 aromatic heterocycles. The Labute approximate surface area is 114 Å². The van der Waals surface area contributed by atoms with Gasteiger partial charge in [-0.2, -0.15) is 11.8 Å². The first kappa shape index (κ1) is 12.6. The molecular weight excluding hydrogens is 287 g/mol. The molecule has 1 aliphatic rings. The summed E-state index contributed by atoms with van der Waals surface area (Å²) < 4.78 is 0. The van der Waals surface area contributed by atoms with Crippen molar-refractivity contribution in [2.24, 2.45) is 0 Å². The summed E-state index contributed by atoms with van der Waals surface area (Å²) in [4.78, 5) is 6.41. The number of aromatic nitrogens is 1. The highest BCUT2D eigenvalue weighted by Crippen LogP contribution is 2.33. The molecule has 0 spiro atoms. The third-order valence-electron chi connectivity index (χ3n) is 2.41. The molecular formula is C10H11Cl3N2S. The lowest BCUT2D eigenvalue weighted by molar-refractivity contribution is 0.770. The summed E-state index contributed by atoms with van der Waals surface area (Å²) in [5, 5.41) is 1.86. The molecule has 2 nitrogen and oxygen atoms in total. The molecule has 0 N–H and O–H groups in total. The average molecular weight is 298 g/mol. The van der Waals surface area contributed by atoms with E-state index in [1.54, 1.807) is 6.07 Å². The van der Waals surface area contributed by atoms with Crippen molar-refractivity contribution in [3.05, 3.63) is 21.3 Å². The van der Waals surface area contributed by atoms with E-state index in [1.165, 1.54) is 0 Å². The second-order valence-electron chi connectivity index (χ2n) is 3.69. The zero-order chi connectivity index (χ0) is 11.7. The highest BCUT2D eigenvalue weighted by molar-refractivity contribution is 8.00. The second-order valence-corrected chi connectivity index (χ2v) is 6.41. The Kier molecular flexibility index (Phi) is 4.11. The van der Waals surface area contributed by atoms with Gasteiger partial charge in [-0.3, -0.25) is 0 Å². The molecule has 0 saturated carbocycles. The lowest BCUT2D eigenvalue weighted by atomic mass is 10.3. The third-order valence-corrected chi connectivity index (χ3v) is 4.50. The Morgan fingerprint density at radius 3 is 2.81 bits per heavy atom. The van der Waals surface area contributed by atoms with E-state index < -0.39 is 0 Å². The molecule has 2 heterocycles. The minimum Gasteiger partial charge on any atom is -0.353 e. The molecule has 1 unspecified atom stereocenters. The first-order valence-electron chi connectivity index (χ1n) is 4.96. The molecule has 0 aromatic carbocycles. The number of hydrogen-bond donors (Lipinski definition) is 0. The van der Waals surface area contributed by atoms with Crippen molar-refractivity contribution in [3.8, 4) is 0 Å². The van der Waals surface area contributed by atoms with E-state index in [2.05, 4.69) is 16.8 Å². The lowest BCUT2D eigenvalue weighted by Crippen LogP contribution is -2.37. The summed E-state index contributed by atoms with van der Waals surface area (Å²) in [5.74, 6) is 1.82. The summed E-state index contributed by atoms with van der Waals surface area (Å²) in [6.45, 7) is 4.08. The molecule has 1 saturated heterocycles. The van der Waals surface area contributed by atoms with Crippen molar-refractivity contribution in [2.45, 2.75) is 12.2 Å². The quantitative estimate of drug-likeness (QED) is 0.729. The van der Waals surface area contributed by atoms with Crippen LogP contribution in [0, 0.1) is 0 Å². The van der Waals surface area contributed by atoms with Crippen LogP contribution in [0.3, 0.4) is 0 Å². The first-order valence-corrected chi connectivity index (χ1v) is 7.14. The van der Waals surface area contributed by atoms with Crippen LogP contribution in [-0.2, 0) is 0 Å². The predicted octanol–water partition coefficient (Wildman–Crippen LogP) is 3.98. The summed E-state index contributed by atoms with van der Waals surface area (Å²) in [6, 6.07) is 1.65. The maximum atomic E-state index is 6.13. The van der Waals surface area contributed by atoms with E-state index in [-0.39, 0.29) is 0 Å². The highest BCUT2D eigenvalue weighted by Gasteiger charge is 2.21. The lowest BCUT2D eigenvalue weighted by Gasteiger charge is -2.32. The molecule has 0 radical (unpaired) electrons. The van der Waals surface area contributed by atoms with Gasteiger partial charge in [0.25, 0.3) is 0 Å². The van der Waals surface area contributed by atoms with Crippen LogP contribution in [0.15, 0.2) is 6.07 Å². The van der Waals surface area contributed by atoms with Gasteiger partial charge in [-0.05, 0) is 6.07 Å². The van der Waals surface area contributed by atoms with Gasteiger partial charge >= 0.3 is 0 Å². The van der Waals surface area contributed by atoms with Crippen LogP contribution in [0.4, 0.5) is 5.82 Å². The smallest absolute Gasteiger partial charge is 0.150 e. The van der Waals surface area contributed by atoms with E-state index in [1.807, 2.05) is 11.8 Å². The fraction of sp³-hybridized carbons (Fsp3) is 0.500. The predicted molar refractivity (Wildman–Crippen MR) is 73.4 cm³/mol. The van der Waals surface area contributed by atoms with Crippen LogP contribution in [-0.4, -0.2) is 29.1 Å². The molecule has 1 aromatic rings. The van der Waals surface area contributed by atoms with Gasteiger partial charge in [0.2, 0.25) is 0 Å². The highest BCUT2D eigenvalue weighted by atomic mass is 35.5. The van der Waals surface area contributed by atoms with Gasteiger partial charge in [0, 0.05) is 24.1 Å². The average Bonchev–Trinajstić information content (AvgIpc) is 2.23. The van der Waals surface area contributed by atoms with E-state index in [9.17, 15) is 0 Å². The third kappa shape index (κ3) is 2.70. The molecule has 1 atom stereocenters. The number of halogens is 3. The number of anilines is 1. The van der Waals surface area contributed by atoms with Gasteiger partial charge in [-0.1, -0.05) is 41.7 Å². The van der Waals surface area contributed by atoms with Crippen molar-refractivity contribution >= 4 is 52.4 Å². The molecule has 0 aliphatic carbocycles. The minimum atomic E-state index is 0.312. The minimum absolute atomic E-state index is 0.312. The number of hydrogen-bond acceptors (Lipinski definition) is 3. The summed E-state index contributed by atoms with van der Waals surface area (Å²) in [5.41, 5.74) is 0. The van der Waals surface area contributed by atoms with Gasteiger partial charge in [-0.15, -0.1) is 0 Å². The molecule has 0 bridgehead atoms. The summed E-state index contributed by atoms with van der Waals surface area (Å²) in [6.07, 6.45) is 0. The van der Waals surface area contributed by atoms with Gasteiger partial charge in [0.15, 0.2) is 0 Å². The fourth-order valence-corrected chi connectivity index (χ4v) is 3.29. The van der Waals surface area contributed by atoms with Gasteiger partial charge in [0.05, 0.1) is 10.0 Å². The molecule has 2 rings (SSSR count). The van der Waals surface area contributed by atoms with Crippen molar-refractivity contribution in [1.29, 1.82) is 0 Å². The largest absolute Gasteiger partial charge is 0.353 e. The Bertz CT molecular complexity index is 400. The second kappa shape index (κ2) is 5.21. The fourth-order valence-electron chi connectivity index (χ4n) is 1.67. The van der Waals surface area contributed by atoms with E-state index in [0.29, 0.717) is 20.4 Å². The summed E-state index contributed by atoms with van der Waals surface area (Å²) >= 11 is 19.8. The van der Waals surface area contributed by atoms with Crippen LogP contribution in [0.1, 0.15) is 6.92 Å². The monoisotopic (exact) mass is 296 g/mol. The van der Waals surface area contributed by atoms with Crippen LogP contribution < -0.4 is 4.90 Å². The Morgan fingerprint density at radius 2 is 2.12 bits per heavy atom. The molecule has 16 heavy (non-hydrogen) atoms. The van der Waals surface area contributed by atoms with Crippen molar-refractivity contribution < 1.29 is 0 Å². The van der Waals surface area contributed by atoms with Gasteiger partial charge in [0.1, 0.15) is 11.0 Å². The number of pyridine rings is 1. The first-order chi connectivity index (χ1) is 7.58. The maximum Gasteiger partial charge on any atom is 0.150 e. The Hall–Kier alpha value is 0.170. The van der Waals surface area contributed by atoms with Crippen LogP contribution in [0.2, 0.25) is 15.2 Å². The van der Waals surface area contributed by atoms with Crippen molar-refractivity contribution in [1.82, 2.24) is 4.98 Å². The van der Waals surface area contributed by atoms with Crippen LogP contribution >= 0.6 is 46.6 Å². The molecule has 0 amide bonds. The molecule has 1 fully saturated rings. The Balaban J connectivity index is 2.29. The Morgan fingerprint density at radius 1 is 1.38 bits per heavy atom. The van der Waals surface area contributed by atoms with Gasteiger partial charge < -0.3 is 4.90 Å². The molecule has 6 heteroatoms. The zero-order valence-electron chi connectivity index (χ0n) is 8.71. The number of rotatable bonds is 1.